The van der Waals surface area contributed by atoms with E-state index in [2.05, 4.69) is 10.1 Å². The van der Waals surface area contributed by atoms with Gasteiger partial charge in [0, 0.05) is 13.8 Å². The fraction of sp³-hybridized carbons (Fsp3) is 0.400. The molecule has 0 heterocycles. The van der Waals surface area contributed by atoms with Crippen LogP contribution in [0, 0.1) is 0 Å². The maximum Gasteiger partial charge on any atom is 0.411 e. The maximum atomic E-state index is 11.8. The minimum absolute atomic E-state index is 0.0107. The topological polar surface area (TPSA) is 111 Å². The van der Waals surface area contributed by atoms with Gasteiger partial charge < -0.3 is 24.6 Å². The lowest BCUT2D eigenvalue weighted by molar-refractivity contribution is -0.163. The van der Waals surface area contributed by atoms with E-state index >= 15 is 0 Å². The molecule has 0 spiro atoms. The van der Waals surface area contributed by atoms with Crippen LogP contribution in [0.4, 0.5) is 4.79 Å². The number of carbonyl (C=O) groups is 3. The number of hydrogen-bond acceptors (Lipinski definition) is 7. The van der Waals surface area contributed by atoms with Crippen LogP contribution in [0.15, 0.2) is 30.3 Å². The molecule has 0 saturated carbocycles. The van der Waals surface area contributed by atoms with E-state index in [1.165, 1.54) is 6.92 Å². The van der Waals surface area contributed by atoms with Gasteiger partial charge in [0.05, 0.1) is 6.61 Å². The molecule has 0 radical (unpaired) electrons. The van der Waals surface area contributed by atoms with Crippen molar-refractivity contribution in [2.75, 3.05) is 6.61 Å². The normalized spacial score (nSPS) is 12.7. The van der Waals surface area contributed by atoms with Crippen molar-refractivity contribution in [2.24, 2.45) is 0 Å². The van der Waals surface area contributed by atoms with Crippen LogP contribution in [-0.2, 0) is 30.4 Å². The molecule has 2 N–H and O–H groups in total. The molecule has 8 nitrogen and oxygen atoms in total. The fourth-order valence-corrected chi connectivity index (χ4v) is 1.59. The van der Waals surface area contributed by atoms with Crippen molar-refractivity contribution in [3.63, 3.8) is 0 Å². The van der Waals surface area contributed by atoms with Crippen molar-refractivity contribution in [1.29, 1.82) is 0 Å². The Morgan fingerprint density at radius 3 is 2.39 bits per heavy atom. The highest BCUT2D eigenvalue weighted by Gasteiger charge is 2.23. The third-order valence-electron chi connectivity index (χ3n) is 2.59. The molecule has 1 aromatic rings. The zero-order chi connectivity index (χ0) is 17.2. The van der Waals surface area contributed by atoms with Crippen LogP contribution in [0.1, 0.15) is 19.4 Å². The van der Waals surface area contributed by atoms with Crippen molar-refractivity contribution in [1.82, 2.24) is 5.32 Å². The average Bonchev–Trinajstić information content (AvgIpc) is 2.50. The number of alkyl carbamates (subject to hydrolysis) is 1. The number of amides is 1. The van der Waals surface area contributed by atoms with Gasteiger partial charge in [-0.2, -0.15) is 0 Å². The number of aliphatic hydroxyl groups excluding tert-OH is 1. The van der Waals surface area contributed by atoms with Gasteiger partial charge in [-0.05, 0) is 5.56 Å². The van der Waals surface area contributed by atoms with Crippen molar-refractivity contribution in [2.45, 2.75) is 32.8 Å². The Morgan fingerprint density at radius 1 is 1.17 bits per heavy atom. The molecule has 2 atom stereocenters. The van der Waals surface area contributed by atoms with E-state index in [4.69, 9.17) is 14.6 Å². The van der Waals surface area contributed by atoms with Crippen molar-refractivity contribution >= 4 is 18.0 Å². The highest BCUT2D eigenvalue weighted by molar-refractivity contribution is 5.81. The van der Waals surface area contributed by atoms with Crippen molar-refractivity contribution in [3.05, 3.63) is 35.9 Å². The van der Waals surface area contributed by atoms with E-state index in [1.807, 2.05) is 6.07 Å². The Morgan fingerprint density at radius 2 is 1.83 bits per heavy atom. The summed E-state index contributed by atoms with van der Waals surface area (Å²) in [5.41, 5.74) is 0.767. The smallest absolute Gasteiger partial charge is 0.411 e. The number of rotatable bonds is 7. The molecule has 126 valence electrons. The molecule has 8 heteroatoms. The van der Waals surface area contributed by atoms with Gasteiger partial charge in [0.15, 0.2) is 6.04 Å². The monoisotopic (exact) mass is 325 g/mol. The van der Waals surface area contributed by atoms with E-state index < -0.39 is 37.0 Å². The Labute approximate surface area is 133 Å². The van der Waals surface area contributed by atoms with E-state index in [-0.39, 0.29) is 6.61 Å². The second-order valence-electron chi connectivity index (χ2n) is 4.56. The van der Waals surface area contributed by atoms with Gasteiger partial charge in [-0.15, -0.1) is 0 Å². The summed E-state index contributed by atoms with van der Waals surface area (Å²) in [5.74, 6) is -1.43. The Balaban J connectivity index is 2.44. The summed E-state index contributed by atoms with van der Waals surface area (Å²) in [6.07, 6.45) is -2.14. The van der Waals surface area contributed by atoms with E-state index in [9.17, 15) is 14.4 Å². The first kappa shape index (κ1) is 18.4. The van der Waals surface area contributed by atoms with Gasteiger partial charge in [-0.3, -0.25) is 4.79 Å². The number of aliphatic hydroxyl groups is 1. The van der Waals surface area contributed by atoms with Crippen LogP contribution in [0.5, 0.6) is 0 Å². The lowest BCUT2D eigenvalue weighted by atomic mass is 10.2. The van der Waals surface area contributed by atoms with Crippen LogP contribution in [-0.4, -0.2) is 42.1 Å². The summed E-state index contributed by atoms with van der Waals surface area (Å²) in [6.45, 7) is 1.85. The molecule has 1 aromatic carbocycles. The molecular weight excluding hydrogens is 306 g/mol. The molecular formula is C15H19NO7. The van der Waals surface area contributed by atoms with Gasteiger partial charge in [0.2, 0.25) is 6.29 Å². The van der Waals surface area contributed by atoms with Crippen molar-refractivity contribution < 1.29 is 33.7 Å². The van der Waals surface area contributed by atoms with E-state index in [0.29, 0.717) is 0 Å². The van der Waals surface area contributed by atoms with Crippen LogP contribution >= 0.6 is 0 Å². The number of benzene rings is 1. The van der Waals surface area contributed by atoms with Gasteiger partial charge in [0.25, 0.3) is 0 Å². The van der Waals surface area contributed by atoms with E-state index in [0.717, 1.165) is 12.5 Å². The number of carbonyl (C=O) groups excluding carboxylic acids is 3. The first-order chi connectivity index (χ1) is 10.9. The number of nitrogens with one attached hydrogen (secondary N) is 1. The number of ether oxygens (including phenoxy) is 3. The van der Waals surface area contributed by atoms with Crippen molar-refractivity contribution in [3.8, 4) is 0 Å². The Bertz CT molecular complexity index is 532. The first-order valence-corrected chi connectivity index (χ1v) is 6.88. The lowest BCUT2D eigenvalue weighted by Crippen LogP contribution is -2.45. The molecule has 0 bridgehead atoms. The number of esters is 2. The SMILES string of the molecule is CC(=O)OC(C)OC(=O)N[C@@H](CO)C(=O)OCc1ccccc1. The zero-order valence-electron chi connectivity index (χ0n) is 12.9. The molecule has 1 amide bonds. The molecule has 0 aliphatic carbocycles. The summed E-state index contributed by atoms with van der Waals surface area (Å²) >= 11 is 0. The van der Waals surface area contributed by atoms with Crippen LogP contribution in [0.3, 0.4) is 0 Å². The molecule has 0 saturated heterocycles. The minimum atomic E-state index is -1.28. The lowest BCUT2D eigenvalue weighted by Gasteiger charge is -2.17. The van der Waals surface area contributed by atoms with Crippen LogP contribution in [0.25, 0.3) is 0 Å². The Kier molecular flexibility index (Phi) is 7.55. The fourth-order valence-electron chi connectivity index (χ4n) is 1.59. The second kappa shape index (κ2) is 9.42. The summed E-state index contributed by atoms with van der Waals surface area (Å²) in [7, 11) is 0. The molecule has 0 aromatic heterocycles. The largest absolute Gasteiger partial charge is 0.459 e. The standard InChI is InChI=1S/C15H19NO7/c1-10(18)22-11(2)23-15(20)16-13(8-17)14(19)21-9-12-6-4-3-5-7-12/h3-7,11,13,17H,8-9H2,1-2H3,(H,16,20)/t11?,13-/m0/s1. The first-order valence-electron chi connectivity index (χ1n) is 6.88. The summed E-state index contributed by atoms with van der Waals surface area (Å²) < 4.78 is 14.3. The van der Waals surface area contributed by atoms with Crippen LogP contribution < -0.4 is 5.32 Å². The van der Waals surface area contributed by atoms with E-state index in [1.54, 1.807) is 24.3 Å². The predicted molar refractivity (Wildman–Crippen MR) is 78.0 cm³/mol. The molecule has 0 aliphatic heterocycles. The summed E-state index contributed by atoms with van der Waals surface area (Å²) in [4.78, 5) is 34.0. The minimum Gasteiger partial charge on any atom is -0.459 e. The molecule has 0 fully saturated rings. The zero-order valence-corrected chi connectivity index (χ0v) is 12.9. The maximum absolute atomic E-state index is 11.8. The molecule has 1 unspecified atom stereocenters. The van der Waals surface area contributed by atoms with Gasteiger partial charge >= 0.3 is 18.0 Å². The van der Waals surface area contributed by atoms with Gasteiger partial charge in [-0.25, -0.2) is 9.59 Å². The highest BCUT2D eigenvalue weighted by atomic mass is 16.7. The van der Waals surface area contributed by atoms with Crippen LogP contribution in [0.2, 0.25) is 0 Å². The summed E-state index contributed by atoms with van der Waals surface area (Å²) in [5, 5.41) is 11.3. The predicted octanol–water partition coefficient (Wildman–Crippen LogP) is 0.726. The molecule has 23 heavy (non-hydrogen) atoms. The quantitative estimate of drug-likeness (QED) is 0.561. The third kappa shape index (κ3) is 7.28. The Hall–Kier alpha value is -2.61. The summed E-state index contributed by atoms with van der Waals surface area (Å²) in [6, 6.07) is 7.66. The molecule has 1 rings (SSSR count). The van der Waals surface area contributed by atoms with Gasteiger partial charge in [-0.1, -0.05) is 30.3 Å². The van der Waals surface area contributed by atoms with Gasteiger partial charge in [0.1, 0.15) is 6.61 Å². The molecule has 0 aliphatic rings. The number of hydrogen-bond donors (Lipinski definition) is 2. The third-order valence-corrected chi connectivity index (χ3v) is 2.59. The average molecular weight is 325 g/mol. The second-order valence-corrected chi connectivity index (χ2v) is 4.56. The highest BCUT2D eigenvalue weighted by Crippen LogP contribution is 2.02.